The maximum Gasteiger partial charge on any atom is 0.311 e. The Labute approximate surface area is 369 Å². The highest BCUT2D eigenvalue weighted by Crippen LogP contribution is 2.33. The molecule has 0 radical (unpaired) electrons. The van der Waals surface area contributed by atoms with E-state index in [0.29, 0.717) is 0 Å². The van der Waals surface area contributed by atoms with Crippen molar-refractivity contribution in [2.45, 2.75) is 50.5 Å². The van der Waals surface area contributed by atoms with Crippen LogP contribution in [0.4, 0.5) is 52.7 Å². The lowest BCUT2D eigenvalue weighted by Gasteiger charge is -2.35. The summed E-state index contributed by atoms with van der Waals surface area (Å²) in [5.74, 6) is -37.7. The quantitative estimate of drug-likeness (QED) is 0.0261. The van der Waals surface area contributed by atoms with Gasteiger partial charge in [-0.3, -0.25) is 33.7 Å². The Bertz CT molecular complexity index is 2110. The van der Waals surface area contributed by atoms with Gasteiger partial charge in [0.1, 0.15) is 0 Å². The molecule has 26 heteroatoms. The topological polar surface area (TPSA) is 173 Å². The molecule has 0 atom stereocenters. The molecule has 0 unspecified atom stereocenters. The van der Waals surface area contributed by atoms with Gasteiger partial charge in [-0.25, -0.2) is 26.3 Å². The molecule has 0 aliphatic carbocycles. The molecule has 1 aliphatic heterocycles. The average Bonchev–Trinajstić information content (AvgIpc) is 3.60. The Hall–Kier alpha value is -6.54. The first-order valence-corrected chi connectivity index (χ1v) is 19.3. The molecule has 1 aliphatic rings. The van der Waals surface area contributed by atoms with Crippen LogP contribution in [0.15, 0.2) is 30.4 Å². The smallest absolute Gasteiger partial charge is 0.311 e. The number of hydrogen-bond acceptors (Lipinski definition) is 12. The highest BCUT2D eigenvalue weighted by Gasteiger charge is 2.36. The number of nitrogens with zero attached hydrogens (tertiary/aromatic N) is 1. The molecule has 364 valence electrons. The summed E-state index contributed by atoms with van der Waals surface area (Å²) in [6.45, 7) is -0.574. The standard InChI is InChI=1S/C41H34F12N2O12/c42-20-17-21(43)33(49)38(32(20)48)65-29(59)3-7-41(8-4-30(60)66-39-34(50)22(44)18-23(45)35(39)51,9-5-31(61)67-40-36(52)24(46)19-25(47)37(40)53)54-26(56)6-11-62-13-15-64-16-14-63-12-10-55-27(57)1-2-28(55)58/h1-2,17-19H,3-16H2,(H,54,56). The maximum absolute atomic E-state index is 14.3. The van der Waals surface area contributed by atoms with E-state index in [4.69, 9.17) is 14.2 Å². The Kier molecular flexibility index (Phi) is 19.2. The van der Waals surface area contributed by atoms with Crippen LogP contribution in [0.3, 0.4) is 0 Å². The number of carbonyl (C=O) groups is 6. The number of hydrogen-bond donors (Lipinski definition) is 1. The van der Waals surface area contributed by atoms with Gasteiger partial charge < -0.3 is 33.7 Å². The van der Waals surface area contributed by atoms with Crippen LogP contribution in [0.2, 0.25) is 0 Å². The van der Waals surface area contributed by atoms with Gasteiger partial charge in [0.2, 0.25) is 58.1 Å². The van der Waals surface area contributed by atoms with E-state index in [0.717, 1.165) is 17.1 Å². The molecule has 0 saturated heterocycles. The van der Waals surface area contributed by atoms with Crippen molar-refractivity contribution in [1.29, 1.82) is 0 Å². The summed E-state index contributed by atoms with van der Waals surface area (Å²) in [7, 11) is 0. The number of carbonyl (C=O) groups excluding carboxylic acids is 6. The van der Waals surface area contributed by atoms with Crippen molar-refractivity contribution in [3.05, 3.63) is 100 Å². The minimum atomic E-state index is -2.26. The molecule has 3 aromatic rings. The average molecular weight is 975 g/mol. The second kappa shape index (κ2) is 24.3. The number of esters is 3. The van der Waals surface area contributed by atoms with Gasteiger partial charge in [0.05, 0.1) is 46.2 Å². The second-order valence-corrected chi connectivity index (χ2v) is 13.9. The van der Waals surface area contributed by atoms with E-state index >= 15 is 0 Å². The van der Waals surface area contributed by atoms with E-state index in [2.05, 4.69) is 19.5 Å². The number of imide groups is 1. The summed E-state index contributed by atoms with van der Waals surface area (Å²) in [5, 5.41) is 2.32. The monoisotopic (exact) mass is 974 g/mol. The lowest BCUT2D eigenvalue weighted by atomic mass is 9.83. The molecule has 0 aromatic heterocycles. The van der Waals surface area contributed by atoms with Gasteiger partial charge in [-0.1, -0.05) is 0 Å². The zero-order chi connectivity index (χ0) is 49.6. The number of rotatable bonds is 25. The Morgan fingerprint density at radius 3 is 1.07 bits per heavy atom. The maximum atomic E-state index is 14.3. The SMILES string of the molecule is O=C(CCOCCOCCOCCN1C(=O)C=CC1=O)NC(CCC(=O)Oc1c(F)c(F)cc(F)c1F)(CCC(=O)Oc1c(F)c(F)cc(F)c1F)CCC(=O)Oc1c(F)c(F)cc(F)c1F. The molecule has 0 fully saturated rings. The number of nitrogens with one attached hydrogen (secondary N) is 1. The van der Waals surface area contributed by atoms with Gasteiger partial charge in [0, 0.05) is 61.6 Å². The van der Waals surface area contributed by atoms with Crippen molar-refractivity contribution in [2.24, 2.45) is 0 Å². The fraction of sp³-hybridized carbons (Fsp3) is 0.366. The minimum Gasteiger partial charge on any atom is -0.420 e. The summed E-state index contributed by atoms with van der Waals surface area (Å²) in [6, 6.07) is -0.649. The van der Waals surface area contributed by atoms with E-state index in [9.17, 15) is 81.5 Å². The van der Waals surface area contributed by atoms with Gasteiger partial charge in [-0.2, -0.15) is 26.3 Å². The molecule has 1 N–H and O–H groups in total. The van der Waals surface area contributed by atoms with Crippen LogP contribution in [0.1, 0.15) is 44.9 Å². The lowest BCUT2D eigenvalue weighted by molar-refractivity contribution is -0.139. The molecule has 1 heterocycles. The Morgan fingerprint density at radius 1 is 0.448 bits per heavy atom. The van der Waals surface area contributed by atoms with Gasteiger partial charge in [-0.15, -0.1) is 0 Å². The van der Waals surface area contributed by atoms with Crippen molar-refractivity contribution in [1.82, 2.24) is 10.2 Å². The zero-order valence-corrected chi connectivity index (χ0v) is 34.2. The van der Waals surface area contributed by atoms with Crippen LogP contribution in [-0.4, -0.2) is 92.3 Å². The highest BCUT2D eigenvalue weighted by molar-refractivity contribution is 6.12. The van der Waals surface area contributed by atoms with Crippen molar-refractivity contribution in [3.8, 4) is 17.2 Å². The fourth-order valence-electron chi connectivity index (χ4n) is 5.88. The zero-order valence-electron chi connectivity index (χ0n) is 34.2. The third-order valence-electron chi connectivity index (χ3n) is 9.27. The number of ether oxygens (including phenoxy) is 6. The van der Waals surface area contributed by atoms with Gasteiger partial charge in [0.25, 0.3) is 11.8 Å². The molecule has 4 rings (SSSR count). The molecule has 3 amide bonds. The van der Waals surface area contributed by atoms with Gasteiger partial charge in [0.15, 0.2) is 34.9 Å². The van der Waals surface area contributed by atoms with Crippen LogP contribution >= 0.6 is 0 Å². The fourth-order valence-corrected chi connectivity index (χ4v) is 5.88. The lowest BCUT2D eigenvalue weighted by Crippen LogP contribution is -2.50. The molecular weight excluding hydrogens is 940 g/mol. The van der Waals surface area contributed by atoms with Crippen molar-refractivity contribution in [3.63, 3.8) is 0 Å². The first-order valence-electron chi connectivity index (χ1n) is 19.3. The molecule has 14 nitrogen and oxygen atoms in total. The summed E-state index contributed by atoms with van der Waals surface area (Å²) in [4.78, 5) is 76.1. The molecule has 67 heavy (non-hydrogen) atoms. The first-order chi connectivity index (χ1) is 31.6. The van der Waals surface area contributed by atoms with Crippen molar-refractivity contribution in [2.75, 3.05) is 46.2 Å². The van der Waals surface area contributed by atoms with E-state index < -0.39 is 180 Å². The van der Waals surface area contributed by atoms with E-state index in [1.807, 2.05) is 0 Å². The van der Waals surface area contributed by atoms with Crippen molar-refractivity contribution < 1.29 is 110 Å². The Balaban J connectivity index is 1.49. The minimum absolute atomic E-state index is 0.00229. The van der Waals surface area contributed by atoms with Gasteiger partial charge >= 0.3 is 17.9 Å². The van der Waals surface area contributed by atoms with Crippen LogP contribution < -0.4 is 19.5 Å². The van der Waals surface area contributed by atoms with Crippen LogP contribution in [0.25, 0.3) is 0 Å². The molecular formula is C41H34F12N2O12. The summed E-state index contributed by atoms with van der Waals surface area (Å²) in [6.07, 6.45) is -4.63. The second-order valence-electron chi connectivity index (χ2n) is 13.9. The number of halogens is 12. The van der Waals surface area contributed by atoms with E-state index in [1.54, 1.807) is 0 Å². The van der Waals surface area contributed by atoms with E-state index in [-0.39, 0.29) is 57.8 Å². The Morgan fingerprint density at radius 2 is 0.746 bits per heavy atom. The van der Waals surface area contributed by atoms with Crippen molar-refractivity contribution >= 4 is 35.6 Å². The third kappa shape index (κ3) is 14.7. The largest absolute Gasteiger partial charge is 0.420 e. The molecule has 0 bridgehead atoms. The molecule has 0 spiro atoms. The van der Waals surface area contributed by atoms with Crippen LogP contribution in [0.5, 0.6) is 17.2 Å². The highest BCUT2D eigenvalue weighted by atomic mass is 19.2. The van der Waals surface area contributed by atoms with E-state index in [1.165, 1.54) is 0 Å². The van der Waals surface area contributed by atoms with Crippen LogP contribution in [0, 0.1) is 69.8 Å². The third-order valence-corrected chi connectivity index (χ3v) is 9.27. The summed E-state index contributed by atoms with van der Waals surface area (Å²) in [5.41, 5.74) is -2.26. The molecule has 0 saturated carbocycles. The predicted molar refractivity (Wildman–Crippen MR) is 197 cm³/mol. The summed E-state index contributed by atoms with van der Waals surface area (Å²) >= 11 is 0. The molecule has 3 aromatic carbocycles. The number of benzene rings is 3. The number of amides is 3. The first kappa shape index (κ1) is 53.1. The van der Waals surface area contributed by atoms with Gasteiger partial charge in [-0.05, 0) is 19.3 Å². The summed E-state index contributed by atoms with van der Waals surface area (Å²) < 4.78 is 198. The van der Waals surface area contributed by atoms with Crippen LogP contribution in [-0.2, 0) is 43.0 Å². The normalized spacial score (nSPS) is 12.5. The predicted octanol–water partition coefficient (Wildman–Crippen LogP) is 6.03.